The summed E-state index contributed by atoms with van der Waals surface area (Å²) < 4.78 is 5.51. The molecule has 1 aromatic heterocycles. The number of rotatable bonds is 5. The van der Waals surface area contributed by atoms with Crippen LogP contribution in [-0.2, 0) is 4.74 Å². The van der Waals surface area contributed by atoms with Gasteiger partial charge in [-0.15, -0.1) is 0 Å². The third kappa shape index (κ3) is 3.32. The molecule has 0 saturated carbocycles. The summed E-state index contributed by atoms with van der Waals surface area (Å²) in [5, 5.41) is 14.3. The van der Waals surface area contributed by atoms with Crippen molar-refractivity contribution < 1.29 is 9.66 Å². The lowest BCUT2D eigenvalue weighted by atomic mass is 10.3. The second kappa shape index (κ2) is 6.16. The standard InChI is InChI=1S/C11H16N4O3S/c1-7-9(15(16)17)10(14-11(12-2)13-7)19-6-8-4-3-5-18-8/h8H,3-6H2,1-2H3,(H,12,13,14). The summed E-state index contributed by atoms with van der Waals surface area (Å²) in [7, 11) is 1.69. The van der Waals surface area contributed by atoms with Crippen LogP contribution in [0.3, 0.4) is 0 Å². The highest BCUT2D eigenvalue weighted by atomic mass is 32.2. The molecule has 0 aromatic carbocycles. The zero-order chi connectivity index (χ0) is 13.8. The van der Waals surface area contributed by atoms with E-state index in [1.807, 2.05) is 0 Å². The van der Waals surface area contributed by atoms with Crippen LogP contribution in [0, 0.1) is 17.0 Å². The smallest absolute Gasteiger partial charge is 0.322 e. The van der Waals surface area contributed by atoms with Crippen molar-refractivity contribution >= 4 is 23.4 Å². The molecule has 104 valence electrons. The molecule has 1 fully saturated rings. The number of aromatic nitrogens is 2. The zero-order valence-corrected chi connectivity index (χ0v) is 11.7. The molecule has 1 unspecified atom stereocenters. The molecule has 19 heavy (non-hydrogen) atoms. The van der Waals surface area contributed by atoms with Crippen molar-refractivity contribution in [3.63, 3.8) is 0 Å². The minimum atomic E-state index is -0.424. The maximum atomic E-state index is 11.1. The predicted molar refractivity (Wildman–Crippen MR) is 72.7 cm³/mol. The van der Waals surface area contributed by atoms with E-state index in [0.29, 0.717) is 22.4 Å². The first-order chi connectivity index (χ1) is 9.11. The largest absolute Gasteiger partial charge is 0.377 e. The average Bonchev–Trinajstić information content (AvgIpc) is 2.88. The number of aryl methyl sites for hydroxylation is 1. The van der Waals surface area contributed by atoms with Gasteiger partial charge in [0.05, 0.1) is 11.0 Å². The quantitative estimate of drug-likeness (QED) is 0.383. The fourth-order valence-electron chi connectivity index (χ4n) is 1.91. The first kappa shape index (κ1) is 14.0. The molecule has 2 rings (SSSR count). The van der Waals surface area contributed by atoms with Gasteiger partial charge in [-0.3, -0.25) is 10.1 Å². The Morgan fingerprint density at radius 1 is 1.58 bits per heavy atom. The maximum absolute atomic E-state index is 11.1. The van der Waals surface area contributed by atoms with Gasteiger partial charge in [-0.25, -0.2) is 4.98 Å². The number of ether oxygens (including phenoxy) is 1. The normalized spacial score (nSPS) is 18.5. The van der Waals surface area contributed by atoms with E-state index in [1.165, 1.54) is 11.8 Å². The lowest BCUT2D eigenvalue weighted by Crippen LogP contribution is -2.10. The van der Waals surface area contributed by atoms with E-state index in [4.69, 9.17) is 4.74 Å². The van der Waals surface area contributed by atoms with Crippen LogP contribution in [0.2, 0.25) is 0 Å². The van der Waals surface area contributed by atoms with E-state index in [1.54, 1.807) is 14.0 Å². The van der Waals surface area contributed by atoms with Gasteiger partial charge in [-0.1, -0.05) is 11.8 Å². The van der Waals surface area contributed by atoms with Crippen molar-refractivity contribution in [2.24, 2.45) is 0 Å². The lowest BCUT2D eigenvalue weighted by Gasteiger charge is -2.10. The number of nitrogens with one attached hydrogen (secondary N) is 1. The highest BCUT2D eigenvalue weighted by molar-refractivity contribution is 7.99. The molecule has 1 aliphatic rings. The van der Waals surface area contributed by atoms with Crippen LogP contribution in [0.25, 0.3) is 0 Å². The van der Waals surface area contributed by atoms with Crippen LogP contribution >= 0.6 is 11.8 Å². The molecule has 0 aliphatic carbocycles. The van der Waals surface area contributed by atoms with E-state index in [-0.39, 0.29) is 11.8 Å². The van der Waals surface area contributed by atoms with Crippen LogP contribution < -0.4 is 5.32 Å². The van der Waals surface area contributed by atoms with E-state index in [0.717, 1.165) is 19.4 Å². The number of nitrogens with zero attached hydrogens (tertiary/aromatic N) is 3. The Morgan fingerprint density at radius 2 is 2.37 bits per heavy atom. The lowest BCUT2D eigenvalue weighted by molar-refractivity contribution is -0.389. The second-order valence-electron chi connectivity index (χ2n) is 4.24. The minimum Gasteiger partial charge on any atom is -0.377 e. The molecular formula is C11H16N4O3S. The summed E-state index contributed by atoms with van der Waals surface area (Å²) in [5.41, 5.74) is 0.362. The first-order valence-electron chi connectivity index (χ1n) is 6.07. The Labute approximate surface area is 115 Å². The van der Waals surface area contributed by atoms with Gasteiger partial charge in [0.1, 0.15) is 5.69 Å². The van der Waals surface area contributed by atoms with Crippen molar-refractivity contribution in [2.75, 3.05) is 24.7 Å². The Hall–Kier alpha value is -1.41. The van der Waals surface area contributed by atoms with E-state index in [9.17, 15) is 10.1 Å². The number of hydrogen-bond donors (Lipinski definition) is 1. The van der Waals surface area contributed by atoms with Crippen molar-refractivity contribution in [2.45, 2.75) is 30.9 Å². The third-order valence-corrected chi connectivity index (χ3v) is 3.96. The Kier molecular flexibility index (Phi) is 4.54. The molecule has 1 atom stereocenters. The van der Waals surface area contributed by atoms with Crippen molar-refractivity contribution in [3.05, 3.63) is 15.8 Å². The van der Waals surface area contributed by atoms with Gasteiger partial charge in [-0.05, 0) is 19.8 Å². The molecule has 0 radical (unpaired) electrons. The van der Waals surface area contributed by atoms with Crippen LogP contribution in [0.1, 0.15) is 18.5 Å². The highest BCUT2D eigenvalue weighted by Crippen LogP contribution is 2.32. The van der Waals surface area contributed by atoms with Gasteiger partial charge in [0.15, 0.2) is 5.03 Å². The summed E-state index contributed by atoms with van der Waals surface area (Å²) in [4.78, 5) is 18.9. The SMILES string of the molecule is CNc1nc(C)c([N+](=O)[O-])c(SCC2CCCO2)n1. The topological polar surface area (TPSA) is 90.2 Å². The Bertz CT molecular complexity index is 477. The number of thioether (sulfide) groups is 1. The fourth-order valence-corrected chi connectivity index (χ4v) is 3.03. The second-order valence-corrected chi connectivity index (χ2v) is 5.25. The van der Waals surface area contributed by atoms with Crippen LogP contribution in [-0.4, -0.2) is 40.4 Å². The van der Waals surface area contributed by atoms with Crippen LogP contribution in [0.4, 0.5) is 11.6 Å². The molecule has 0 spiro atoms. The zero-order valence-electron chi connectivity index (χ0n) is 10.9. The number of anilines is 1. The van der Waals surface area contributed by atoms with Crippen LogP contribution in [0.5, 0.6) is 0 Å². The summed E-state index contributed by atoms with van der Waals surface area (Å²) in [6, 6.07) is 0. The molecule has 1 N–H and O–H groups in total. The van der Waals surface area contributed by atoms with Gasteiger partial charge < -0.3 is 10.1 Å². The summed E-state index contributed by atoms with van der Waals surface area (Å²) in [6.45, 7) is 2.40. The molecule has 1 aromatic rings. The molecule has 0 amide bonds. The van der Waals surface area contributed by atoms with E-state index in [2.05, 4.69) is 15.3 Å². The monoisotopic (exact) mass is 284 g/mol. The Morgan fingerprint density at radius 3 is 2.95 bits per heavy atom. The van der Waals surface area contributed by atoms with Crippen molar-refractivity contribution in [1.82, 2.24) is 9.97 Å². The Balaban J connectivity index is 2.20. The van der Waals surface area contributed by atoms with Gasteiger partial charge in [0, 0.05) is 19.4 Å². The van der Waals surface area contributed by atoms with Crippen molar-refractivity contribution in [3.8, 4) is 0 Å². The van der Waals surface area contributed by atoms with E-state index >= 15 is 0 Å². The maximum Gasteiger partial charge on any atom is 0.322 e. The minimum absolute atomic E-state index is 0.0120. The molecule has 8 heteroatoms. The van der Waals surface area contributed by atoms with Crippen molar-refractivity contribution in [1.29, 1.82) is 0 Å². The average molecular weight is 284 g/mol. The van der Waals surface area contributed by atoms with Crippen LogP contribution in [0.15, 0.2) is 5.03 Å². The van der Waals surface area contributed by atoms with E-state index < -0.39 is 4.92 Å². The molecule has 7 nitrogen and oxygen atoms in total. The fraction of sp³-hybridized carbons (Fsp3) is 0.636. The van der Waals surface area contributed by atoms with Gasteiger partial charge in [-0.2, -0.15) is 4.98 Å². The molecule has 1 aliphatic heterocycles. The molecular weight excluding hydrogens is 268 g/mol. The third-order valence-electron chi connectivity index (χ3n) is 2.86. The number of hydrogen-bond acceptors (Lipinski definition) is 7. The summed E-state index contributed by atoms with van der Waals surface area (Å²) in [5.74, 6) is 1.08. The van der Waals surface area contributed by atoms with Gasteiger partial charge in [0.2, 0.25) is 5.95 Å². The number of nitro groups is 1. The predicted octanol–water partition coefficient (Wildman–Crippen LogP) is 2.01. The highest BCUT2D eigenvalue weighted by Gasteiger charge is 2.24. The summed E-state index contributed by atoms with van der Waals surface area (Å²) in [6.07, 6.45) is 2.22. The molecule has 1 saturated heterocycles. The molecule has 2 heterocycles. The van der Waals surface area contributed by atoms with Gasteiger partial charge >= 0.3 is 5.69 Å². The molecule has 0 bridgehead atoms. The first-order valence-corrected chi connectivity index (χ1v) is 7.05. The summed E-state index contributed by atoms with van der Waals surface area (Å²) >= 11 is 1.36. The van der Waals surface area contributed by atoms with Gasteiger partial charge in [0.25, 0.3) is 0 Å².